The predicted octanol–water partition coefficient (Wildman–Crippen LogP) is 3.18. The molecule has 7 nitrogen and oxygen atoms in total. The summed E-state index contributed by atoms with van der Waals surface area (Å²) < 4.78 is 42.1. The van der Waals surface area contributed by atoms with E-state index in [-0.39, 0.29) is 39.8 Å². The molecule has 0 spiro atoms. The fraction of sp³-hybridized carbons (Fsp3) is 0.474. The van der Waals surface area contributed by atoms with E-state index in [1.807, 2.05) is 0 Å². The van der Waals surface area contributed by atoms with E-state index in [9.17, 15) is 23.1 Å². The molecule has 5 rings (SSSR count). The number of aromatic nitrogens is 5. The third-order valence-corrected chi connectivity index (χ3v) is 6.08. The number of hydrogen-bond donors (Lipinski definition) is 1. The molecule has 0 unspecified atom stereocenters. The van der Waals surface area contributed by atoms with Gasteiger partial charge in [-0.15, -0.1) is 0 Å². The first kappa shape index (κ1) is 19.5. The van der Waals surface area contributed by atoms with Gasteiger partial charge in [0.05, 0.1) is 11.3 Å². The maximum absolute atomic E-state index is 13.1. The maximum atomic E-state index is 13.1. The second-order valence-electron chi connectivity index (χ2n) is 7.95. The summed E-state index contributed by atoms with van der Waals surface area (Å²) in [7, 11) is 1.57. The first-order valence-corrected chi connectivity index (χ1v) is 9.90. The van der Waals surface area contributed by atoms with Crippen molar-refractivity contribution in [3.8, 4) is 0 Å². The minimum absolute atomic E-state index is 0.111. The smallest absolute Gasteiger partial charge is 0.378 e. The number of aliphatic hydroxyl groups is 1. The minimum Gasteiger partial charge on any atom is -0.378 e. The Kier molecular flexibility index (Phi) is 4.08. The summed E-state index contributed by atoms with van der Waals surface area (Å²) in [6.45, 7) is 0. The van der Waals surface area contributed by atoms with E-state index in [0.29, 0.717) is 12.8 Å². The highest BCUT2D eigenvalue weighted by Gasteiger charge is 2.51. The molecule has 0 aliphatic heterocycles. The SMILES string of the molecule is Cn1nc2c(=O)n(C3CC3)cnc2c1[C@](O)(c1cnc(C(F)(F)F)c(Cl)c1)C1CC1. The third-order valence-electron chi connectivity index (χ3n) is 5.79. The lowest BCUT2D eigenvalue weighted by Crippen LogP contribution is -2.33. The molecule has 0 saturated heterocycles. The van der Waals surface area contributed by atoms with Gasteiger partial charge >= 0.3 is 6.18 Å². The van der Waals surface area contributed by atoms with Gasteiger partial charge in [0.15, 0.2) is 11.2 Å². The second kappa shape index (κ2) is 6.27. The zero-order valence-corrected chi connectivity index (χ0v) is 16.6. The summed E-state index contributed by atoms with van der Waals surface area (Å²) in [4.78, 5) is 20.7. The van der Waals surface area contributed by atoms with Crippen LogP contribution >= 0.6 is 11.6 Å². The van der Waals surface area contributed by atoms with Crippen molar-refractivity contribution in [3.63, 3.8) is 0 Å². The van der Waals surface area contributed by atoms with Gasteiger partial charge in [-0.2, -0.15) is 18.3 Å². The molecule has 1 atom stereocenters. The lowest BCUT2D eigenvalue weighted by atomic mass is 9.85. The number of aryl methyl sites for hydroxylation is 1. The van der Waals surface area contributed by atoms with Crippen LogP contribution in [-0.4, -0.2) is 29.4 Å². The van der Waals surface area contributed by atoms with Gasteiger partial charge < -0.3 is 5.11 Å². The van der Waals surface area contributed by atoms with Crippen LogP contribution in [0.3, 0.4) is 0 Å². The van der Waals surface area contributed by atoms with Crippen molar-refractivity contribution in [2.75, 3.05) is 0 Å². The number of pyridine rings is 1. The Bertz CT molecular complexity index is 1230. The van der Waals surface area contributed by atoms with Gasteiger partial charge in [-0.25, -0.2) is 9.97 Å². The van der Waals surface area contributed by atoms with Gasteiger partial charge in [0.2, 0.25) is 0 Å². The summed E-state index contributed by atoms with van der Waals surface area (Å²) in [6, 6.07) is 1.19. The average molecular weight is 440 g/mol. The molecule has 0 aromatic carbocycles. The molecule has 1 N–H and O–H groups in total. The van der Waals surface area contributed by atoms with E-state index in [4.69, 9.17) is 11.6 Å². The zero-order chi connectivity index (χ0) is 21.4. The molecular formula is C19H17ClF3N5O2. The van der Waals surface area contributed by atoms with Crippen LogP contribution in [0.4, 0.5) is 13.2 Å². The molecule has 2 aliphatic carbocycles. The standard InChI is InChI=1S/C19H17ClF3N5O2/c1-27-16(13-14(26-27)17(29)28(8-25-13)11-4-5-11)18(30,9-2-3-9)10-6-12(20)15(24-7-10)19(21,22)23/h6-9,11,30H,2-5H2,1H3/t18-/m1/s1. The lowest BCUT2D eigenvalue weighted by molar-refractivity contribution is -0.141. The number of halogens is 4. The van der Waals surface area contributed by atoms with Gasteiger partial charge in [0.25, 0.3) is 5.56 Å². The Labute approximate surface area is 173 Å². The van der Waals surface area contributed by atoms with Crippen LogP contribution in [0.1, 0.15) is 48.7 Å². The van der Waals surface area contributed by atoms with Crippen molar-refractivity contribution in [1.29, 1.82) is 0 Å². The molecule has 3 aromatic heterocycles. The number of hydrogen-bond acceptors (Lipinski definition) is 5. The van der Waals surface area contributed by atoms with Gasteiger partial charge in [0.1, 0.15) is 16.8 Å². The zero-order valence-electron chi connectivity index (χ0n) is 15.8. The Hall–Kier alpha value is -2.46. The summed E-state index contributed by atoms with van der Waals surface area (Å²) in [5.74, 6) is -0.279. The van der Waals surface area contributed by atoms with Crippen LogP contribution in [0.5, 0.6) is 0 Å². The van der Waals surface area contributed by atoms with E-state index < -0.39 is 22.5 Å². The van der Waals surface area contributed by atoms with E-state index in [2.05, 4.69) is 15.1 Å². The first-order chi connectivity index (χ1) is 14.1. The molecule has 0 radical (unpaired) electrons. The molecule has 11 heteroatoms. The highest BCUT2D eigenvalue weighted by molar-refractivity contribution is 6.31. The first-order valence-electron chi connectivity index (χ1n) is 9.52. The van der Waals surface area contributed by atoms with E-state index >= 15 is 0 Å². The largest absolute Gasteiger partial charge is 0.434 e. The molecule has 2 saturated carbocycles. The predicted molar refractivity (Wildman–Crippen MR) is 101 cm³/mol. The molecule has 3 aromatic rings. The Morgan fingerprint density at radius 3 is 2.43 bits per heavy atom. The Morgan fingerprint density at radius 2 is 1.87 bits per heavy atom. The van der Waals surface area contributed by atoms with E-state index in [1.54, 1.807) is 7.05 Å². The van der Waals surface area contributed by atoms with Gasteiger partial charge in [0, 0.05) is 24.8 Å². The fourth-order valence-corrected chi connectivity index (χ4v) is 4.31. The summed E-state index contributed by atoms with van der Waals surface area (Å²) in [5.41, 5.74) is -2.54. The van der Waals surface area contributed by atoms with Crippen molar-refractivity contribution >= 4 is 22.6 Å². The lowest BCUT2D eigenvalue weighted by Gasteiger charge is -2.29. The second-order valence-corrected chi connectivity index (χ2v) is 8.36. The highest BCUT2D eigenvalue weighted by Crippen LogP contribution is 2.51. The van der Waals surface area contributed by atoms with Crippen molar-refractivity contribution in [2.24, 2.45) is 13.0 Å². The number of nitrogens with zero attached hydrogens (tertiary/aromatic N) is 5. The van der Waals surface area contributed by atoms with Crippen molar-refractivity contribution < 1.29 is 18.3 Å². The Morgan fingerprint density at radius 1 is 1.17 bits per heavy atom. The van der Waals surface area contributed by atoms with Gasteiger partial charge in [-0.3, -0.25) is 14.0 Å². The van der Waals surface area contributed by atoms with Gasteiger partial charge in [-0.05, 0) is 37.7 Å². The molecule has 0 amide bonds. The molecule has 2 fully saturated rings. The molecule has 0 bridgehead atoms. The van der Waals surface area contributed by atoms with Crippen LogP contribution < -0.4 is 5.56 Å². The minimum atomic E-state index is -4.71. The number of fused-ring (bicyclic) bond motifs is 1. The molecular weight excluding hydrogens is 423 g/mol. The normalized spacial score (nSPS) is 19.3. The number of rotatable bonds is 4. The van der Waals surface area contributed by atoms with Crippen LogP contribution in [0, 0.1) is 5.92 Å². The summed E-state index contributed by atoms with van der Waals surface area (Å²) in [5, 5.41) is 15.5. The van der Waals surface area contributed by atoms with Crippen LogP contribution in [0.15, 0.2) is 23.4 Å². The highest BCUT2D eigenvalue weighted by atomic mass is 35.5. The Balaban J connectivity index is 1.71. The van der Waals surface area contributed by atoms with Crippen molar-refractivity contribution in [1.82, 2.24) is 24.3 Å². The average Bonchev–Trinajstić information content (AvgIpc) is 3.57. The van der Waals surface area contributed by atoms with Crippen molar-refractivity contribution in [2.45, 2.75) is 43.5 Å². The van der Waals surface area contributed by atoms with Crippen LogP contribution in [0.25, 0.3) is 11.0 Å². The quantitative estimate of drug-likeness (QED) is 0.674. The van der Waals surface area contributed by atoms with Crippen LogP contribution in [-0.2, 0) is 18.8 Å². The third kappa shape index (κ3) is 2.84. The van der Waals surface area contributed by atoms with E-state index in [0.717, 1.165) is 25.1 Å². The summed E-state index contributed by atoms with van der Waals surface area (Å²) in [6.07, 6.45) is 0.822. The van der Waals surface area contributed by atoms with Crippen LogP contribution in [0.2, 0.25) is 5.02 Å². The summed E-state index contributed by atoms with van der Waals surface area (Å²) >= 11 is 5.87. The molecule has 2 aliphatic rings. The molecule has 158 valence electrons. The fourth-order valence-electron chi connectivity index (χ4n) is 4.04. The molecule has 30 heavy (non-hydrogen) atoms. The van der Waals surface area contributed by atoms with Crippen molar-refractivity contribution in [3.05, 3.63) is 50.9 Å². The van der Waals surface area contributed by atoms with E-state index in [1.165, 1.54) is 15.6 Å². The molecule has 3 heterocycles. The monoisotopic (exact) mass is 439 g/mol. The maximum Gasteiger partial charge on any atom is 0.434 e. The number of alkyl halides is 3. The van der Waals surface area contributed by atoms with Gasteiger partial charge in [-0.1, -0.05) is 11.6 Å². The topological polar surface area (TPSA) is 85.8 Å².